The van der Waals surface area contributed by atoms with Gasteiger partial charge >= 0.3 is 0 Å². The lowest BCUT2D eigenvalue weighted by Gasteiger charge is -2.25. The fourth-order valence-electron chi connectivity index (χ4n) is 4.15. The lowest BCUT2D eigenvalue weighted by molar-refractivity contribution is -0.0390. The monoisotopic (exact) mass is 440 g/mol. The molecular weight excluding hydrogens is 404 g/mol. The van der Waals surface area contributed by atoms with E-state index < -0.39 is 0 Å². The summed E-state index contributed by atoms with van der Waals surface area (Å²) in [5, 5.41) is 11.7. The van der Waals surface area contributed by atoms with E-state index in [2.05, 4.69) is 63.8 Å². The standard InChI is InChI=1S/C24H36N6O2/c1-17(2)23-28-22-8-7-20(15-30(22)29-23)27-24(25-3)26-14-18-5-4-6-19(13-18)16-32-21-9-11-31-12-10-21/h4-6,13,17,20-21H,7-12,14-16H2,1-3H3,(H2,25,26,27). The average Bonchev–Trinajstić information content (AvgIpc) is 3.25. The number of ether oxygens (including phenoxy) is 2. The quantitative estimate of drug-likeness (QED) is 0.509. The summed E-state index contributed by atoms with van der Waals surface area (Å²) in [6, 6.07) is 8.84. The van der Waals surface area contributed by atoms with Crippen LogP contribution in [0.5, 0.6) is 0 Å². The van der Waals surface area contributed by atoms with Crippen molar-refractivity contribution in [2.75, 3.05) is 20.3 Å². The first-order chi connectivity index (χ1) is 15.6. The van der Waals surface area contributed by atoms with Gasteiger partial charge in [-0.15, -0.1) is 0 Å². The van der Waals surface area contributed by atoms with Crippen molar-refractivity contribution in [3.63, 3.8) is 0 Å². The second-order valence-electron chi connectivity index (χ2n) is 8.97. The molecule has 3 heterocycles. The van der Waals surface area contributed by atoms with E-state index in [-0.39, 0.29) is 6.04 Å². The summed E-state index contributed by atoms with van der Waals surface area (Å²) in [5.41, 5.74) is 2.41. The number of rotatable bonds is 7. The zero-order valence-corrected chi connectivity index (χ0v) is 19.5. The smallest absolute Gasteiger partial charge is 0.191 e. The first kappa shape index (κ1) is 22.7. The topological polar surface area (TPSA) is 85.6 Å². The third kappa shape index (κ3) is 6.07. The van der Waals surface area contributed by atoms with E-state index in [4.69, 9.17) is 9.47 Å². The number of fused-ring (bicyclic) bond motifs is 1. The van der Waals surface area contributed by atoms with E-state index in [1.165, 1.54) is 11.1 Å². The van der Waals surface area contributed by atoms with Gasteiger partial charge in [0.05, 0.1) is 19.3 Å². The number of nitrogens with one attached hydrogen (secondary N) is 2. The van der Waals surface area contributed by atoms with E-state index >= 15 is 0 Å². The van der Waals surface area contributed by atoms with E-state index in [9.17, 15) is 0 Å². The third-order valence-corrected chi connectivity index (χ3v) is 6.06. The molecule has 1 unspecified atom stereocenters. The average molecular weight is 441 g/mol. The van der Waals surface area contributed by atoms with Gasteiger partial charge < -0.3 is 20.1 Å². The summed E-state index contributed by atoms with van der Waals surface area (Å²) < 4.78 is 13.5. The highest BCUT2D eigenvalue weighted by molar-refractivity contribution is 5.79. The second-order valence-corrected chi connectivity index (χ2v) is 8.97. The van der Waals surface area contributed by atoms with E-state index in [0.29, 0.717) is 25.2 Å². The Balaban J connectivity index is 1.26. The Bertz CT molecular complexity index is 904. The molecule has 0 radical (unpaired) electrons. The Hall–Kier alpha value is -2.45. The molecule has 174 valence electrons. The van der Waals surface area contributed by atoms with Crippen LogP contribution in [0.1, 0.15) is 61.8 Å². The molecule has 0 spiro atoms. The van der Waals surface area contributed by atoms with Crippen LogP contribution in [-0.2, 0) is 35.6 Å². The molecule has 2 aromatic rings. The molecule has 2 aliphatic heterocycles. The highest BCUT2D eigenvalue weighted by Gasteiger charge is 2.23. The van der Waals surface area contributed by atoms with Crippen LogP contribution in [0.3, 0.4) is 0 Å². The Kier molecular flexibility index (Phi) is 7.76. The molecule has 32 heavy (non-hydrogen) atoms. The van der Waals surface area contributed by atoms with Crippen LogP contribution in [0.15, 0.2) is 29.3 Å². The molecular formula is C24H36N6O2. The maximum atomic E-state index is 6.07. The number of hydrogen-bond donors (Lipinski definition) is 2. The number of guanidine groups is 1. The highest BCUT2D eigenvalue weighted by Crippen LogP contribution is 2.17. The molecule has 1 atom stereocenters. The minimum absolute atomic E-state index is 0.287. The largest absolute Gasteiger partial charge is 0.381 e. The molecule has 1 aromatic carbocycles. The van der Waals surface area contributed by atoms with Crippen molar-refractivity contribution < 1.29 is 9.47 Å². The van der Waals surface area contributed by atoms with Gasteiger partial charge in [-0.3, -0.25) is 4.99 Å². The molecule has 0 saturated carbocycles. The number of aliphatic imine (C=N–C) groups is 1. The number of hydrogen-bond acceptors (Lipinski definition) is 5. The fourth-order valence-corrected chi connectivity index (χ4v) is 4.15. The summed E-state index contributed by atoms with van der Waals surface area (Å²) in [5.74, 6) is 3.19. The Morgan fingerprint density at radius 1 is 1.25 bits per heavy atom. The van der Waals surface area contributed by atoms with Crippen molar-refractivity contribution in [2.45, 2.75) is 77.3 Å². The van der Waals surface area contributed by atoms with Gasteiger partial charge in [-0.1, -0.05) is 38.1 Å². The van der Waals surface area contributed by atoms with Crippen molar-refractivity contribution in [1.82, 2.24) is 25.4 Å². The van der Waals surface area contributed by atoms with E-state index in [1.807, 2.05) is 11.7 Å². The first-order valence-electron chi connectivity index (χ1n) is 11.8. The van der Waals surface area contributed by atoms with Crippen LogP contribution >= 0.6 is 0 Å². The molecule has 1 saturated heterocycles. The lowest BCUT2D eigenvalue weighted by Crippen LogP contribution is -2.46. The molecule has 4 rings (SSSR count). The van der Waals surface area contributed by atoms with Crippen molar-refractivity contribution in [1.29, 1.82) is 0 Å². The van der Waals surface area contributed by atoms with Gasteiger partial charge in [-0.05, 0) is 30.4 Å². The number of aryl methyl sites for hydroxylation is 1. The molecule has 1 fully saturated rings. The molecule has 0 amide bonds. The first-order valence-corrected chi connectivity index (χ1v) is 11.8. The predicted molar refractivity (Wildman–Crippen MR) is 125 cm³/mol. The van der Waals surface area contributed by atoms with Gasteiger partial charge in [0.1, 0.15) is 5.82 Å². The summed E-state index contributed by atoms with van der Waals surface area (Å²) in [4.78, 5) is 9.09. The zero-order chi connectivity index (χ0) is 22.3. The van der Waals surface area contributed by atoms with Crippen molar-refractivity contribution in [3.05, 3.63) is 47.0 Å². The van der Waals surface area contributed by atoms with Gasteiger partial charge in [0.2, 0.25) is 0 Å². The molecule has 2 aliphatic rings. The van der Waals surface area contributed by atoms with Crippen LogP contribution in [-0.4, -0.2) is 53.1 Å². The van der Waals surface area contributed by atoms with Crippen molar-refractivity contribution >= 4 is 5.96 Å². The Morgan fingerprint density at radius 2 is 2.06 bits per heavy atom. The SMILES string of the molecule is CN=C(NCc1cccc(COC2CCOCC2)c1)NC1CCc2nc(C(C)C)nn2C1. The summed E-state index contributed by atoms with van der Waals surface area (Å²) in [6.07, 6.45) is 4.24. The summed E-state index contributed by atoms with van der Waals surface area (Å²) in [6.45, 7) is 8.05. The van der Waals surface area contributed by atoms with E-state index in [0.717, 1.165) is 63.1 Å². The van der Waals surface area contributed by atoms with Gasteiger partial charge in [0.15, 0.2) is 11.8 Å². The third-order valence-electron chi connectivity index (χ3n) is 6.06. The zero-order valence-electron chi connectivity index (χ0n) is 19.5. The molecule has 0 aliphatic carbocycles. The number of nitrogens with zero attached hydrogens (tertiary/aromatic N) is 4. The van der Waals surface area contributed by atoms with E-state index in [1.54, 1.807) is 0 Å². The Morgan fingerprint density at radius 3 is 2.84 bits per heavy atom. The molecule has 1 aromatic heterocycles. The maximum Gasteiger partial charge on any atom is 0.191 e. The van der Waals surface area contributed by atoms with Crippen LogP contribution < -0.4 is 10.6 Å². The summed E-state index contributed by atoms with van der Waals surface area (Å²) >= 11 is 0. The maximum absolute atomic E-state index is 6.07. The predicted octanol–water partition coefficient (Wildman–Crippen LogP) is 2.78. The number of aromatic nitrogens is 3. The highest BCUT2D eigenvalue weighted by atomic mass is 16.5. The lowest BCUT2D eigenvalue weighted by atomic mass is 10.1. The van der Waals surface area contributed by atoms with Gasteiger partial charge in [-0.25, -0.2) is 9.67 Å². The van der Waals surface area contributed by atoms with Crippen LogP contribution in [0.2, 0.25) is 0 Å². The fraction of sp³-hybridized carbons (Fsp3) is 0.625. The minimum Gasteiger partial charge on any atom is -0.381 e. The second kappa shape index (κ2) is 10.9. The Labute approximate surface area is 190 Å². The van der Waals surface area contributed by atoms with Gasteiger partial charge in [0.25, 0.3) is 0 Å². The van der Waals surface area contributed by atoms with Crippen molar-refractivity contribution in [3.8, 4) is 0 Å². The molecule has 8 heteroatoms. The van der Waals surface area contributed by atoms with Crippen molar-refractivity contribution in [2.24, 2.45) is 4.99 Å². The number of benzene rings is 1. The molecule has 0 bridgehead atoms. The van der Waals surface area contributed by atoms with Crippen LogP contribution in [0, 0.1) is 0 Å². The van der Waals surface area contributed by atoms with Gasteiger partial charge in [-0.2, -0.15) is 5.10 Å². The van der Waals surface area contributed by atoms with Crippen LogP contribution in [0.4, 0.5) is 0 Å². The molecule has 2 N–H and O–H groups in total. The van der Waals surface area contributed by atoms with Crippen LogP contribution in [0.25, 0.3) is 0 Å². The normalized spacial score (nSPS) is 19.8. The van der Waals surface area contributed by atoms with Gasteiger partial charge in [0, 0.05) is 45.2 Å². The summed E-state index contributed by atoms with van der Waals surface area (Å²) in [7, 11) is 1.81. The minimum atomic E-state index is 0.287. The molecule has 8 nitrogen and oxygen atoms in total.